The Labute approximate surface area is 105 Å². The van der Waals surface area contributed by atoms with Gasteiger partial charge in [0.05, 0.1) is 17.5 Å². The van der Waals surface area contributed by atoms with Crippen LogP contribution in [0.3, 0.4) is 0 Å². The Kier molecular flexibility index (Phi) is 3.54. The number of carbonyl (C=O) groups is 1. The lowest BCUT2D eigenvalue weighted by Crippen LogP contribution is -2.27. The first kappa shape index (κ1) is 12.1. The molecule has 0 aliphatic rings. The van der Waals surface area contributed by atoms with E-state index in [1.807, 2.05) is 18.2 Å². The van der Waals surface area contributed by atoms with E-state index in [-0.39, 0.29) is 11.8 Å². The summed E-state index contributed by atoms with van der Waals surface area (Å²) in [6.07, 6.45) is 1.72. The van der Waals surface area contributed by atoms with E-state index in [1.165, 1.54) is 0 Å². The third-order valence-corrected chi connectivity index (χ3v) is 2.65. The highest BCUT2D eigenvalue weighted by atomic mass is 16.1. The molecule has 0 saturated heterocycles. The summed E-state index contributed by atoms with van der Waals surface area (Å²) in [4.78, 5) is 16.1. The molecule has 2 aromatic rings. The highest BCUT2D eigenvalue weighted by molar-refractivity contribution is 5.97. The van der Waals surface area contributed by atoms with Gasteiger partial charge in [0.15, 0.2) is 0 Å². The third-order valence-electron chi connectivity index (χ3n) is 2.65. The second-order valence-corrected chi connectivity index (χ2v) is 4.15. The molecule has 1 amide bonds. The molecule has 4 heteroatoms. The highest BCUT2D eigenvalue weighted by Gasteiger charge is 2.08. The summed E-state index contributed by atoms with van der Waals surface area (Å²) in [6, 6.07) is 11.2. The number of nitrogens with zero attached hydrogens (tertiary/aromatic N) is 2. The van der Waals surface area contributed by atoms with Gasteiger partial charge in [0.25, 0.3) is 5.91 Å². The van der Waals surface area contributed by atoms with Crippen LogP contribution in [0, 0.1) is 17.2 Å². The van der Waals surface area contributed by atoms with Gasteiger partial charge in [0.1, 0.15) is 0 Å². The number of hydrogen-bond acceptors (Lipinski definition) is 3. The topological polar surface area (TPSA) is 65.8 Å². The lowest BCUT2D eigenvalue weighted by molar-refractivity contribution is 0.0951. The number of fused-ring (bicyclic) bond motifs is 1. The molecule has 1 N–H and O–H groups in total. The van der Waals surface area contributed by atoms with E-state index in [4.69, 9.17) is 5.26 Å². The maximum atomic E-state index is 11.9. The van der Waals surface area contributed by atoms with Crippen LogP contribution >= 0.6 is 0 Å². The molecule has 1 atom stereocenters. The minimum Gasteiger partial charge on any atom is -0.351 e. The smallest absolute Gasteiger partial charge is 0.251 e. The van der Waals surface area contributed by atoms with Gasteiger partial charge in [0, 0.05) is 23.7 Å². The first-order valence-corrected chi connectivity index (χ1v) is 5.73. The van der Waals surface area contributed by atoms with Crippen molar-refractivity contribution in [1.82, 2.24) is 10.3 Å². The number of nitriles is 1. The number of benzene rings is 1. The summed E-state index contributed by atoms with van der Waals surface area (Å²) in [7, 11) is 0. The number of amides is 1. The maximum absolute atomic E-state index is 11.9. The quantitative estimate of drug-likeness (QED) is 0.892. The number of rotatable bonds is 3. The molecular weight excluding hydrogens is 226 g/mol. The summed E-state index contributed by atoms with van der Waals surface area (Å²) in [5.41, 5.74) is 1.44. The van der Waals surface area contributed by atoms with Crippen molar-refractivity contribution >= 4 is 16.8 Å². The van der Waals surface area contributed by atoms with Crippen LogP contribution in [0.2, 0.25) is 0 Å². The molecule has 1 aromatic heterocycles. The van der Waals surface area contributed by atoms with Gasteiger partial charge in [-0.25, -0.2) is 0 Å². The SMILES string of the molecule is CC(C#N)CNC(=O)c1ccc2ncccc2c1. The van der Waals surface area contributed by atoms with Gasteiger partial charge < -0.3 is 5.32 Å². The predicted octanol–water partition coefficient (Wildman–Crippen LogP) is 2.12. The van der Waals surface area contributed by atoms with Crippen LogP contribution in [0.15, 0.2) is 36.5 Å². The fourth-order valence-corrected chi connectivity index (χ4v) is 1.61. The largest absolute Gasteiger partial charge is 0.351 e. The van der Waals surface area contributed by atoms with E-state index >= 15 is 0 Å². The zero-order valence-electron chi connectivity index (χ0n) is 10.1. The predicted molar refractivity (Wildman–Crippen MR) is 68.9 cm³/mol. The Bertz CT molecular complexity index is 616. The van der Waals surface area contributed by atoms with Crippen LogP contribution in [-0.4, -0.2) is 17.4 Å². The van der Waals surface area contributed by atoms with Gasteiger partial charge >= 0.3 is 0 Å². The van der Waals surface area contributed by atoms with Crippen LogP contribution in [0.25, 0.3) is 10.9 Å². The molecule has 0 radical (unpaired) electrons. The molecule has 2 rings (SSSR count). The van der Waals surface area contributed by atoms with Crippen molar-refractivity contribution in [1.29, 1.82) is 5.26 Å². The van der Waals surface area contributed by atoms with Crippen molar-refractivity contribution < 1.29 is 4.79 Å². The Morgan fingerprint density at radius 1 is 1.50 bits per heavy atom. The Morgan fingerprint density at radius 2 is 2.33 bits per heavy atom. The molecule has 0 spiro atoms. The van der Waals surface area contributed by atoms with E-state index < -0.39 is 0 Å². The summed E-state index contributed by atoms with van der Waals surface area (Å²) < 4.78 is 0. The van der Waals surface area contributed by atoms with Crippen molar-refractivity contribution in [2.75, 3.05) is 6.54 Å². The van der Waals surface area contributed by atoms with Crippen LogP contribution in [0.1, 0.15) is 17.3 Å². The number of carbonyl (C=O) groups excluding carboxylic acids is 1. The Hall–Kier alpha value is -2.41. The highest BCUT2D eigenvalue weighted by Crippen LogP contribution is 2.13. The van der Waals surface area contributed by atoms with E-state index in [2.05, 4.69) is 16.4 Å². The number of hydrogen-bond donors (Lipinski definition) is 1. The average Bonchev–Trinajstić information content (AvgIpc) is 2.43. The lowest BCUT2D eigenvalue weighted by Gasteiger charge is -2.06. The molecule has 1 heterocycles. The molecular formula is C14H13N3O. The zero-order valence-corrected chi connectivity index (χ0v) is 10.1. The molecule has 0 aliphatic heterocycles. The van der Waals surface area contributed by atoms with Crippen LogP contribution in [0.4, 0.5) is 0 Å². The fourth-order valence-electron chi connectivity index (χ4n) is 1.61. The third kappa shape index (κ3) is 2.64. The second kappa shape index (κ2) is 5.28. The van der Waals surface area contributed by atoms with Gasteiger partial charge in [-0.1, -0.05) is 6.07 Å². The first-order chi connectivity index (χ1) is 8.70. The molecule has 90 valence electrons. The molecule has 0 fully saturated rings. The van der Waals surface area contributed by atoms with Crippen LogP contribution < -0.4 is 5.32 Å². The molecule has 0 aliphatic carbocycles. The first-order valence-electron chi connectivity index (χ1n) is 5.73. The monoisotopic (exact) mass is 239 g/mol. The van der Waals surface area contributed by atoms with E-state index in [0.717, 1.165) is 10.9 Å². The second-order valence-electron chi connectivity index (χ2n) is 4.15. The standard InChI is InChI=1S/C14H13N3O/c1-10(8-15)9-17-14(18)12-4-5-13-11(7-12)3-2-6-16-13/h2-7,10H,9H2,1H3,(H,17,18). The van der Waals surface area contributed by atoms with Crippen molar-refractivity contribution in [2.45, 2.75) is 6.92 Å². The minimum atomic E-state index is -0.184. The average molecular weight is 239 g/mol. The summed E-state index contributed by atoms with van der Waals surface area (Å²) in [6.45, 7) is 2.13. The van der Waals surface area contributed by atoms with E-state index in [9.17, 15) is 4.79 Å². The van der Waals surface area contributed by atoms with Gasteiger partial charge in [-0.15, -0.1) is 0 Å². The summed E-state index contributed by atoms with van der Waals surface area (Å²) in [5.74, 6) is -0.348. The summed E-state index contributed by atoms with van der Waals surface area (Å²) in [5, 5.41) is 12.3. The number of nitrogens with one attached hydrogen (secondary N) is 1. The minimum absolute atomic E-state index is 0.164. The van der Waals surface area contributed by atoms with Crippen molar-refractivity contribution in [3.63, 3.8) is 0 Å². The van der Waals surface area contributed by atoms with Crippen LogP contribution in [-0.2, 0) is 0 Å². The van der Waals surface area contributed by atoms with E-state index in [0.29, 0.717) is 12.1 Å². The van der Waals surface area contributed by atoms with Gasteiger partial charge in [0.2, 0.25) is 0 Å². The molecule has 4 nitrogen and oxygen atoms in total. The van der Waals surface area contributed by atoms with Crippen molar-refractivity contribution in [3.8, 4) is 6.07 Å². The van der Waals surface area contributed by atoms with Crippen molar-refractivity contribution in [2.24, 2.45) is 5.92 Å². The van der Waals surface area contributed by atoms with Gasteiger partial charge in [-0.2, -0.15) is 5.26 Å². The Morgan fingerprint density at radius 3 is 3.11 bits per heavy atom. The number of aromatic nitrogens is 1. The number of pyridine rings is 1. The maximum Gasteiger partial charge on any atom is 0.251 e. The lowest BCUT2D eigenvalue weighted by atomic mass is 10.1. The van der Waals surface area contributed by atoms with E-state index in [1.54, 1.807) is 25.3 Å². The summed E-state index contributed by atoms with van der Waals surface area (Å²) >= 11 is 0. The van der Waals surface area contributed by atoms with Crippen LogP contribution in [0.5, 0.6) is 0 Å². The fraction of sp³-hybridized carbons (Fsp3) is 0.214. The van der Waals surface area contributed by atoms with Gasteiger partial charge in [-0.05, 0) is 31.2 Å². The van der Waals surface area contributed by atoms with Gasteiger partial charge in [-0.3, -0.25) is 9.78 Å². The molecule has 1 unspecified atom stereocenters. The normalized spacial score (nSPS) is 11.8. The molecule has 18 heavy (non-hydrogen) atoms. The molecule has 0 saturated carbocycles. The Balaban J connectivity index is 2.16. The molecule has 1 aromatic carbocycles. The molecule has 0 bridgehead atoms. The zero-order chi connectivity index (χ0) is 13.0. The van der Waals surface area contributed by atoms with Crippen molar-refractivity contribution in [3.05, 3.63) is 42.1 Å².